The number of anilines is 1. The van der Waals surface area contributed by atoms with Crippen molar-refractivity contribution in [2.24, 2.45) is 0 Å². The smallest absolute Gasteiger partial charge is 0.188 e. The molecule has 1 aromatic heterocycles. The summed E-state index contributed by atoms with van der Waals surface area (Å²) in [4.78, 5) is 3.57. The first-order valence-corrected chi connectivity index (χ1v) is 9.67. The standard InChI is InChI=1S/C24H19ClN4.ClH/c1-15-4-8-18(9-5-15)23-20-11-10-19(26-3)13-21(20)24(29-28-23)27-14-17-7-6-16(2)22(25)12-17;/h4-13H,14H2,1-2H3,(H,27,29);1H. The normalized spacial score (nSPS) is 10.3. The van der Waals surface area contributed by atoms with Crippen molar-refractivity contribution < 1.29 is 0 Å². The average Bonchev–Trinajstić information content (AvgIpc) is 2.74. The van der Waals surface area contributed by atoms with E-state index in [2.05, 4.69) is 39.4 Å². The molecule has 0 bridgehead atoms. The van der Waals surface area contributed by atoms with Crippen molar-refractivity contribution in [2.45, 2.75) is 20.4 Å². The summed E-state index contributed by atoms with van der Waals surface area (Å²) in [6.07, 6.45) is 0. The van der Waals surface area contributed by atoms with E-state index in [4.69, 9.17) is 18.2 Å². The summed E-state index contributed by atoms with van der Waals surface area (Å²) < 4.78 is 0. The number of hydrogen-bond donors (Lipinski definition) is 1. The SMILES string of the molecule is Cl.[C-]#[N+]c1ccc2c(-c3ccc(C)cc3)nnc(NCc3ccc(C)c(Cl)c3)c2c1. The summed E-state index contributed by atoms with van der Waals surface area (Å²) >= 11 is 6.24. The third kappa shape index (κ3) is 4.38. The van der Waals surface area contributed by atoms with Crippen LogP contribution >= 0.6 is 24.0 Å². The number of aryl methyl sites for hydroxylation is 2. The van der Waals surface area contributed by atoms with Gasteiger partial charge in [-0.15, -0.1) is 22.6 Å². The lowest BCUT2D eigenvalue weighted by atomic mass is 10.0. The Kier molecular flexibility index (Phi) is 6.56. The average molecular weight is 435 g/mol. The first kappa shape index (κ1) is 21.6. The van der Waals surface area contributed by atoms with E-state index in [1.807, 2.05) is 55.5 Å². The quantitative estimate of drug-likeness (QED) is 0.346. The molecular formula is C24H20Cl2N4. The van der Waals surface area contributed by atoms with E-state index >= 15 is 0 Å². The molecule has 6 heteroatoms. The van der Waals surface area contributed by atoms with Gasteiger partial charge in [0.25, 0.3) is 0 Å². The monoisotopic (exact) mass is 434 g/mol. The second-order valence-electron chi connectivity index (χ2n) is 7.04. The van der Waals surface area contributed by atoms with Crippen LogP contribution in [0.25, 0.3) is 26.9 Å². The molecule has 1 heterocycles. The fourth-order valence-electron chi connectivity index (χ4n) is 3.20. The van der Waals surface area contributed by atoms with Crippen LogP contribution in [0.15, 0.2) is 60.7 Å². The highest BCUT2D eigenvalue weighted by molar-refractivity contribution is 6.31. The predicted octanol–water partition coefficient (Wildman–Crippen LogP) is 7.15. The Hall–Kier alpha value is -3.13. The van der Waals surface area contributed by atoms with E-state index in [0.717, 1.165) is 38.2 Å². The van der Waals surface area contributed by atoms with Gasteiger partial charge in [-0.05, 0) is 37.1 Å². The van der Waals surface area contributed by atoms with Crippen LogP contribution in [0, 0.1) is 20.4 Å². The van der Waals surface area contributed by atoms with Gasteiger partial charge >= 0.3 is 0 Å². The van der Waals surface area contributed by atoms with Gasteiger partial charge < -0.3 is 5.32 Å². The van der Waals surface area contributed by atoms with E-state index < -0.39 is 0 Å². The number of nitrogens with zero attached hydrogens (tertiary/aromatic N) is 3. The van der Waals surface area contributed by atoms with E-state index in [0.29, 0.717) is 18.1 Å². The van der Waals surface area contributed by atoms with Crippen molar-refractivity contribution in [2.75, 3.05) is 5.32 Å². The number of rotatable bonds is 4. The molecule has 4 aromatic rings. The van der Waals surface area contributed by atoms with Gasteiger partial charge in [-0.1, -0.05) is 65.7 Å². The summed E-state index contributed by atoms with van der Waals surface area (Å²) in [5.74, 6) is 0.651. The topological polar surface area (TPSA) is 42.2 Å². The maximum Gasteiger partial charge on any atom is 0.188 e. The van der Waals surface area contributed by atoms with Gasteiger partial charge in [0.1, 0.15) is 5.69 Å². The molecule has 1 N–H and O–H groups in total. The van der Waals surface area contributed by atoms with Crippen LogP contribution in [-0.2, 0) is 6.54 Å². The zero-order valence-electron chi connectivity index (χ0n) is 16.6. The summed E-state index contributed by atoms with van der Waals surface area (Å²) in [5, 5.41) is 14.9. The Labute approximate surface area is 187 Å². The van der Waals surface area contributed by atoms with Gasteiger partial charge in [0.2, 0.25) is 0 Å². The van der Waals surface area contributed by atoms with Crippen LogP contribution in [0.4, 0.5) is 11.5 Å². The van der Waals surface area contributed by atoms with Crippen molar-refractivity contribution >= 4 is 46.3 Å². The van der Waals surface area contributed by atoms with Crippen LogP contribution in [0.3, 0.4) is 0 Å². The molecule has 3 aromatic carbocycles. The fraction of sp³-hybridized carbons (Fsp3) is 0.125. The highest BCUT2D eigenvalue weighted by Crippen LogP contribution is 2.33. The Morgan fingerprint density at radius 2 is 1.70 bits per heavy atom. The molecule has 0 radical (unpaired) electrons. The minimum absolute atomic E-state index is 0. The predicted molar refractivity (Wildman–Crippen MR) is 127 cm³/mol. The molecule has 0 spiro atoms. The minimum Gasteiger partial charge on any atom is -0.364 e. The molecule has 4 nitrogen and oxygen atoms in total. The van der Waals surface area contributed by atoms with Crippen LogP contribution < -0.4 is 5.32 Å². The molecule has 30 heavy (non-hydrogen) atoms. The zero-order chi connectivity index (χ0) is 20.4. The number of hydrogen-bond acceptors (Lipinski definition) is 3. The molecular weight excluding hydrogens is 415 g/mol. The number of aromatic nitrogens is 2. The largest absolute Gasteiger partial charge is 0.364 e. The van der Waals surface area contributed by atoms with Crippen LogP contribution in [-0.4, -0.2) is 10.2 Å². The van der Waals surface area contributed by atoms with Gasteiger partial charge in [-0.3, -0.25) is 0 Å². The van der Waals surface area contributed by atoms with E-state index in [9.17, 15) is 0 Å². The lowest BCUT2D eigenvalue weighted by molar-refractivity contribution is 1.02. The summed E-state index contributed by atoms with van der Waals surface area (Å²) in [6, 6.07) is 19.8. The Morgan fingerprint density at radius 1 is 0.933 bits per heavy atom. The Morgan fingerprint density at radius 3 is 2.40 bits per heavy atom. The van der Waals surface area contributed by atoms with E-state index in [-0.39, 0.29) is 12.4 Å². The maximum atomic E-state index is 7.36. The fourth-order valence-corrected chi connectivity index (χ4v) is 3.40. The van der Waals surface area contributed by atoms with Gasteiger partial charge in [0.05, 0.1) is 6.57 Å². The molecule has 0 amide bonds. The van der Waals surface area contributed by atoms with Gasteiger partial charge in [0.15, 0.2) is 11.5 Å². The number of nitrogens with one attached hydrogen (secondary N) is 1. The second-order valence-corrected chi connectivity index (χ2v) is 7.45. The third-order valence-corrected chi connectivity index (χ3v) is 5.32. The summed E-state index contributed by atoms with van der Waals surface area (Å²) in [7, 11) is 0. The molecule has 0 atom stereocenters. The van der Waals surface area contributed by atoms with Crippen molar-refractivity contribution in [1.29, 1.82) is 0 Å². The zero-order valence-corrected chi connectivity index (χ0v) is 18.2. The molecule has 150 valence electrons. The van der Waals surface area contributed by atoms with E-state index in [1.54, 1.807) is 0 Å². The molecule has 0 saturated heterocycles. The van der Waals surface area contributed by atoms with Crippen molar-refractivity contribution in [1.82, 2.24) is 10.2 Å². The van der Waals surface area contributed by atoms with Gasteiger partial charge in [0, 0.05) is 27.9 Å². The van der Waals surface area contributed by atoms with Gasteiger partial charge in [-0.25, -0.2) is 4.85 Å². The van der Waals surface area contributed by atoms with Crippen molar-refractivity contribution in [3.8, 4) is 11.3 Å². The Balaban J connectivity index is 0.00000256. The van der Waals surface area contributed by atoms with Crippen LogP contribution in [0.1, 0.15) is 16.7 Å². The highest BCUT2D eigenvalue weighted by atomic mass is 35.5. The van der Waals surface area contributed by atoms with Crippen LogP contribution in [0.5, 0.6) is 0 Å². The molecule has 0 saturated carbocycles. The Bertz CT molecular complexity index is 1240. The van der Waals surface area contributed by atoms with E-state index in [1.165, 1.54) is 5.56 Å². The van der Waals surface area contributed by atoms with Crippen molar-refractivity contribution in [3.05, 3.63) is 93.8 Å². The molecule has 0 aliphatic carbocycles. The molecule has 4 rings (SSSR count). The molecule has 0 unspecified atom stereocenters. The lowest BCUT2D eigenvalue weighted by Gasteiger charge is -2.12. The number of halogens is 2. The highest BCUT2D eigenvalue weighted by Gasteiger charge is 2.12. The first-order valence-electron chi connectivity index (χ1n) is 9.29. The first-order chi connectivity index (χ1) is 14.0. The maximum absolute atomic E-state index is 7.36. The number of fused-ring (bicyclic) bond motifs is 1. The molecule has 0 aliphatic heterocycles. The molecule has 0 aliphatic rings. The summed E-state index contributed by atoms with van der Waals surface area (Å²) in [6.45, 7) is 12.0. The minimum atomic E-state index is 0. The molecule has 0 fully saturated rings. The van der Waals surface area contributed by atoms with Crippen molar-refractivity contribution in [3.63, 3.8) is 0 Å². The van der Waals surface area contributed by atoms with Gasteiger partial charge in [-0.2, -0.15) is 0 Å². The third-order valence-electron chi connectivity index (χ3n) is 4.91. The van der Waals surface area contributed by atoms with Crippen LogP contribution in [0.2, 0.25) is 5.02 Å². The summed E-state index contributed by atoms with van der Waals surface area (Å²) in [5.41, 5.74) is 5.67. The lowest BCUT2D eigenvalue weighted by Crippen LogP contribution is -2.04. The number of benzene rings is 3. The second kappa shape index (κ2) is 9.13.